The third-order valence-corrected chi connectivity index (χ3v) is 3.79. The van der Waals surface area contributed by atoms with Gasteiger partial charge in [0.05, 0.1) is 5.69 Å². The summed E-state index contributed by atoms with van der Waals surface area (Å²) >= 11 is 6.30. The molecule has 0 saturated carbocycles. The van der Waals surface area contributed by atoms with Gasteiger partial charge in [-0.15, -0.1) is 0 Å². The van der Waals surface area contributed by atoms with Crippen molar-refractivity contribution in [2.24, 2.45) is 13.0 Å². The van der Waals surface area contributed by atoms with Gasteiger partial charge in [-0.3, -0.25) is 4.68 Å². The summed E-state index contributed by atoms with van der Waals surface area (Å²) in [5.74, 6) is 0.655. The maximum absolute atomic E-state index is 6.30. The molecule has 1 atom stereocenters. The highest BCUT2D eigenvalue weighted by molar-refractivity contribution is 6.30. The standard InChI is InChI=1S/C14H26ClN3/c1-5-7-12(10-16-8-6-2)9-13-11(3)17-18(4)14(13)15/h12,16H,5-10H2,1-4H3. The van der Waals surface area contributed by atoms with Crippen LogP contribution >= 0.6 is 11.6 Å². The Kier molecular flexibility index (Phi) is 6.72. The van der Waals surface area contributed by atoms with Crippen molar-refractivity contribution < 1.29 is 0 Å². The van der Waals surface area contributed by atoms with Gasteiger partial charge in [-0.05, 0) is 45.2 Å². The Hall–Kier alpha value is -0.540. The van der Waals surface area contributed by atoms with Crippen molar-refractivity contribution in [3.05, 3.63) is 16.4 Å². The van der Waals surface area contributed by atoms with Crippen molar-refractivity contribution in [1.29, 1.82) is 0 Å². The van der Waals surface area contributed by atoms with Crippen molar-refractivity contribution in [2.75, 3.05) is 13.1 Å². The fraction of sp³-hybridized carbons (Fsp3) is 0.786. The number of halogens is 1. The predicted octanol–water partition coefficient (Wildman–Crippen LogP) is 3.34. The maximum Gasteiger partial charge on any atom is 0.130 e. The van der Waals surface area contributed by atoms with Crippen LogP contribution in [0.15, 0.2) is 0 Å². The Morgan fingerprint density at radius 1 is 1.33 bits per heavy atom. The lowest BCUT2D eigenvalue weighted by Crippen LogP contribution is -2.25. The summed E-state index contributed by atoms with van der Waals surface area (Å²) in [7, 11) is 1.91. The van der Waals surface area contributed by atoms with Crippen molar-refractivity contribution in [3.8, 4) is 0 Å². The molecule has 18 heavy (non-hydrogen) atoms. The molecule has 0 aliphatic carbocycles. The summed E-state index contributed by atoms with van der Waals surface area (Å²) < 4.78 is 1.77. The second kappa shape index (κ2) is 7.80. The number of hydrogen-bond donors (Lipinski definition) is 1. The van der Waals surface area contributed by atoms with E-state index in [0.717, 1.165) is 30.4 Å². The molecule has 0 saturated heterocycles. The monoisotopic (exact) mass is 271 g/mol. The molecule has 1 aromatic heterocycles. The van der Waals surface area contributed by atoms with Crippen molar-refractivity contribution in [2.45, 2.75) is 46.5 Å². The lowest BCUT2D eigenvalue weighted by molar-refractivity contribution is 0.438. The maximum atomic E-state index is 6.30. The topological polar surface area (TPSA) is 29.9 Å². The summed E-state index contributed by atoms with van der Waals surface area (Å²) in [6.45, 7) is 8.66. The number of nitrogens with one attached hydrogen (secondary N) is 1. The highest BCUT2D eigenvalue weighted by Gasteiger charge is 2.16. The van der Waals surface area contributed by atoms with E-state index in [4.69, 9.17) is 11.6 Å². The zero-order valence-electron chi connectivity index (χ0n) is 12.1. The van der Waals surface area contributed by atoms with E-state index in [1.54, 1.807) is 4.68 Å². The van der Waals surface area contributed by atoms with Gasteiger partial charge in [-0.1, -0.05) is 31.9 Å². The fourth-order valence-corrected chi connectivity index (χ4v) is 2.61. The number of aromatic nitrogens is 2. The molecule has 0 radical (unpaired) electrons. The van der Waals surface area contributed by atoms with E-state index in [-0.39, 0.29) is 0 Å². The number of aryl methyl sites for hydroxylation is 2. The fourth-order valence-electron chi connectivity index (χ4n) is 2.36. The Bertz CT molecular complexity index is 360. The summed E-state index contributed by atoms with van der Waals surface area (Å²) in [6.07, 6.45) is 4.67. The molecule has 1 N–H and O–H groups in total. The average molecular weight is 272 g/mol. The molecule has 0 amide bonds. The number of hydrogen-bond acceptors (Lipinski definition) is 2. The van der Waals surface area contributed by atoms with Gasteiger partial charge >= 0.3 is 0 Å². The van der Waals surface area contributed by atoms with Crippen molar-refractivity contribution >= 4 is 11.6 Å². The summed E-state index contributed by atoms with van der Waals surface area (Å²) in [6, 6.07) is 0. The molecule has 0 aliphatic heterocycles. The van der Waals surface area contributed by atoms with Crippen LogP contribution in [-0.2, 0) is 13.5 Å². The Labute approximate surface area is 116 Å². The van der Waals surface area contributed by atoms with E-state index in [1.165, 1.54) is 24.8 Å². The summed E-state index contributed by atoms with van der Waals surface area (Å²) in [5, 5.41) is 8.70. The quantitative estimate of drug-likeness (QED) is 0.735. The van der Waals surface area contributed by atoms with Gasteiger partial charge in [0.15, 0.2) is 0 Å². The normalized spacial score (nSPS) is 12.9. The number of rotatable bonds is 8. The second-order valence-electron chi connectivity index (χ2n) is 5.04. The third kappa shape index (κ3) is 4.29. The summed E-state index contributed by atoms with van der Waals surface area (Å²) in [4.78, 5) is 0. The van der Waals surface area contributed by atoms with Crippen LogP contribution in [0.3, 0.4) is 0 Å². The lowest BCUT2D eigenvalue weighted by Gasteiger charge is -2.16. The van der Waals surface area contributed by atoms with Crippen molar-refractivity contribution in [3.63, 3.8) is 0 Å². The average Bonchev–Trinajstić information content (AvgIpc) is 2.56. The summed E-state index contributed by atoms with van der Waals surface area (Å²) in [5.41, 5.74) is 2.29. The predicted molar refractivity (Wildman–Crippen MR) is 78.2 cm³/mol. The van der Waals surface area contributed by atoms with E-state index in [2.05, 4.69) is 24.3 Å². The zero-order chi connectivity index (χ0) is 13.5. The molecule has 0 bridgehead atoms. The van der Waals surface area contributed by atoms with Gasteiger partial charge in [0.1, 0.15) is 5.15 Å². The lowest BCUT2D eigenvalue weighted by atomic mass is 9.95. The molecule has 104 valence electrons. The zero-order valence-corrected chi connectivity index (χ0v) is 12.8. The van der Waals surface area contributed by atoms with Crippen LogP contribution in [0.1, 0.15) is 44.4 Å². The molecule has 0 spiro atoms. The Morgan fingerprint density at radius 3 is 2.56 bits per heavy atom. The third-order valence-electron chi connectivity index (χ3n) is 3.32. The van der Waals surface area contributed by atoms with E-state index in [1.807, 2.05) is 14.0 Å². The molecule has 0 aliphatic rings. The van der Waals surface area contributed by atoms with Gasteiger partial charge in [0, 0.05) is 12.6 Å². The molecule has 0 aromatic carbocycles. The number of nitrogens with zero attached hydrogens (tertiary/aromatic N) is 2. The molecular formula is C14H26ClN3. The van der Waals surface area contributed by atoms with Crippen LogP contribution in [0.5, 0.6) is 0 Å². The minimum absolute atomic E-state index is 0.655. The molecule has 1 unspecified atom stereocenters. The molecule has 1 rings (SSSR count). The van der Waals surface area contributed by atoms with Crippen LogP contribution in [0.25, 0.3) is 0 Å². The minimum Gasteiger partial charge on any atom is -0.316 e. The molecule has 4 heteroatoms. The first-order chi connectivity index (χ1) is 8.60. The molecule has 1 aromatic rings. The first kappa shape index (κ1) is 15.5. The highest BCUT2D eigenvalue weighted by atomic mass is 35.5. The van der Waals surface area contributed by atoms with E-state index in [9.17, 15) is 0 Å². The van der Waals surface area contributed by atoms with Crippen molar-refractivity contribution in [1.82, 2.24) is 15.1 Å². The van der Waals surface area contributed by atoms with E-state index >= 15 is 0 Å². The minimum atomic E-state index is 0.655. The largest absolute Gasteiger partial charge is 0.316 e. The van der Waals surface area contributed by atoms with Crippen LogP contribution in [0, 0.1) is 12.8 Å². The van der Waals surface area contributed by atoms with Gasteiger partial charge < -0.3 is 5.32 Å². The van der Waals surface area contributed by atoms with E-state index < -0.39 is 0 Å². The Balaban J connectivity index is 2.64. The van der Waals surface area contributed by atoms with Gasteiger partial charge in [-0.25, -0.2) is 0 Å². The van der Waals surface area contributed by atoms with Gasteiger partial charge in [0.25, 0.3) is 0 Å². The molecular weight excluding hydrogens is 246 g/mol. The van der Waals surface area contributed by atoms with Gasteiger partial charge in [0.2, 0.25) is 0 Å². The molecule has 0 fully saturated rings. The smallest absolute Gasteiger partial charge is 0.130 e. The van der Waals surface area contributed by atoms with Crippen LogP contribution < -0.4 is 5.32 Å². The first-order valence-corrected chi connectivity index (χ1v) is 7.36. The van der Waals surface area contributed by atoms with Crippen LogP contribution in [0.2, 0.25) is 5.15 Å². The SMILES string of the molecule is CCCNCC(CCC)Cc1c(C)nn(C)c1Cl. The van der Waals surface area contributed by atoms with Crippen LogP contribution in [0.4, 0.5) is 0 Å². The molecule has 3 nitrogen and oxygen atoms in total. The van der Waals surface area contributed by atoms with Crippen LogP contribution in [-0.4, -0.2) is 22.9 Å². The second-order valence-corrected chi connectivity index (χ2v) is 5.40. The highest BCUT2D eigenvalue weighted by Crippen LogP contribution is 2.23. The molecule has 1 heterocycles. The Morgan fingerprint density at radius 2 is 2.06 bits per heavy atom. The first-order valence-electron chi connectivity index (χ1n) is 6.98. The van der Waals surface area contributed by atoms with Gasteiger partial charge in [-0.2, -0.15) is 5.10 Å². The van der Waals surface area contributed by atoms with E-state index in [0.29, 0.717) is 5.92 Å².